The van der Waals surface area contributed by atoms with Crippen molar-refractivity contribution in [3.63, 3.8) is 0 Å². The van der Waals surface area contributed by atoms with Crippen LogP contribution in [0.1, 0.15) is 13.8 Å². The average Bonchev–Trinajstić information content (AvgIpc) is 1.97. The predicted molar refractivity (Wildman–Crippen MR) is 47.5 cm³/mol. The van der Waals surface area contributed by atoms with Crippen LogP contribution in [-0.2, 0) is 9.63 Å². The highest BCUT2D eigenvalue weighted by atomic mass is 16.6. The van der Waals surface area contributed by atoms with Crippen LogP contribution >= 0.6 is 0 Å². The zero-order chi connectivity index (χ0) is 9.56. The van der Waals surface area contributed by atoms with Crippen LogP contribution in [0.2, 0.25) is 0 Å². The quantitative estimate of drug-likeness (QED) is 0.480. The van der Waals surface area contributed by atoms with E-state index in [4.69, 9.17) is 4.84 Å². The molecule has 4 nitrogen and oxygen atoms in total. The summed E-state index contributed by atoms with van der Waals surface area (Å²) in [6.07, 6.45) is 0. The van der Waals surface area contributed by atoms with Crippen molar-refractivity contribution in [1.29, 1.82) is 0 Å². The van der Waals surface area contributed by atoms with Crippen LogP contribution in [0.15, 0.2) is 0 Å². The van der Waals surface area contributed by atoms with Crippen LogP contribution in [0.5, 0.6) is 0 Å². The number of carbonyl (C=O) groups excluding carboxylic acids is 1. The molecule has 0 aromatic carbocycles. The number of nitrogens with one attached hydrogen (secondary N) is 1. The molecule has 0 aromatic heterocycles. The third kappa shape index (κ3) is 6.12. The Morgan fingerprint density at radius 2 is 2.08 bits per heavy atom. The van der Waals surface area contributed by atoms with Crippen molar-refractivity contribution in [3.05, 3.63) is 0 Å². The van der Waals surface area contributed by atoms with Crippen molar-refractivity contribution in [2.75, 3.05) is 27.2 Å². The molecule has 4 heteroatoms. The van der Waals surface area contributed by atoms with Gasteiger partial charge in [0.2, 0.25) is 5.91 Å². The largest absolute Gasteiger partial charge is 0.348 e. The Labute approximate surface area is 73.8 Å². The number of hydroxylamine groups is 1. The SMILES string of the molecule is CC(C)CONCC(=O)N(C)C. The monoisotopic (exact) mass is 174 g/mol. The lowest BCUT2D eigenvalue weighted by atomic mass is 10.2. The molecule has 0 fully saturated rings. The number of carbonyl (C=O) groups is 1. The van der Waals surface area contributed by atoms with Gasteiger partial charge in [0.25, 0.3) is 0 Å². The molecule has 1 amide bonds. The van der Waals surface area contributed by atoms with Crippen LogP contribution in [0, 0.1) is 5.92 Å². The lowest BCUT2D eigenvalue weighted by molar-refractivity contribution is -0.130. The van der Waals surface area contributed by atoms with Gasteiger partial charge in [-0.1, -0.05) is 13.8 Å². The molecule has 12 heavy (non-hydrogen) atoms. The van der Waals surface area contributed by atoms with E-state index in [1.54, 1.807) is 14.1 Å². The molecule has 0 heterocycles. The van der Waals surface area contributed by atoms with Gasteiger partial charge < -0.3 is 9.74 Å². The average molecular weight is 174 g/mol. The van der Waals surface area contributed by atoms with Gasteiger partial charge in [0.05, 0.1) is 6.61 Å². The molecule has 0 aliphatic rings. The maximum Gasteiger partial charge on any atom is 0.238 e. The van der Waals surface area contributed by atoms with Crippen LogP contribution < -0.4 is 5.48 Å². The fourth-order valence-corrected chi connectivity index (χ4v) is 0.496. The lowest BCUT2D eigenvalue weighted by Gasteiger charge is -2.11. The molecule has 0 aromatic rings. The maximum atomic E-state index is 11.0. The van der Waals surface area contributed by atoms with E-state index in [0.29, 0.717) is 12.5 Å². The third-order valence-corrected chi connectivity index (χ3v) is 1.24. The van der Waals surface area contributed by atoms with Gasteiger partial charge >= 0.3 is 0 Å². The molecule has 0 saturated carbocycles. The fraction of sp³-hybridized carbons (Fsp3) is 0.875. The molecule has 0 aliphatic heterocycles. The first-order chi connectivity index (χ1) is 5.54. The zero-order valence-electron chi connectivity index (χ0n) is 8.26. The molecule has 0 spiro atoms. The van der Waals surface area contributed by atoms with Crippen LogP contribution in [0.3, 0.4) is 0 Å². The highest BCUT2D eigenvalue weighted by Crippen LogP contribution is 1.89. The summed E-state index contributed by atoms with van der Waals surface area (Å²) in [5, 5.41) is 0. The summed E-state index contributed by atoms with van der Waals surface area (Å²) >= 11 is 0. The summed E-state index contributed by atoms with van der Waals surface area (Å²) in [4.78, 5) is 17.5. The van der Waals surface area contributed by atoms with Gasteiger partial charge in [-0.3, -0.25) is 4.79 Å². The first kappa shape index (κ1) is 11.4. The smallest absolute Gasteiger partial charge is 0.238 e. The summed E-state index contributed by atoms with van der Waals surface area (Å²) in [5.41, 5.74) is 2.61. The van der Waals surface area contributed by atoms with Gasteiger partial charge in [-0.25, -0.2) is 0 Å². The second kappa shape index (κ2) is 5.97. The standard InChI is InChI=1S/C8H18N2O2/c1-7(2)6-12-9-5-8(11)10(3)4/h7,9H,5-6H2,1-4H3. The molecule has 72 valence electrons. The lowest BCUT2D eigenvalue weighted by Crippen LogP contribution is -2.33. The van der Waals surface area contributed by atoms with Gasteiger partial charge in [0, 0.05) is 14.1 Å². The molecule has 0 unspecified atom stereocenters. The number of hydrogen-bond donors (Lipinski definition) is 1. The van der Waals surface area contributed by atoms with E-state index < -0.39 is 0 Å². The molecule has 1 N–H and O–H groups in total. The number of rotatable bonds is 5. The second-order valence-electron chi connectivity index (χ2n) is 3.31. The van der Waals surface area contributed by atoms with E-state index in [-0.39, 0.29) is 12.5 Å². The summed E-state index contributed by atoms with van der Waals surface area (Å²) in [7, 11) is 3.43. The Balaban J connectivity index is 3.26. The predicted octanol–water partition coefficient (Wildman–Crippen LogP) is 0.252. The van der Waals surface area contributed by atoms with Crippen LogP contribution in [0.25, 0.3) is 0 Å². The van der Waals surface area contributed by atoms with Crippen LogP contribution in [-0.4, -0.2) is 38.1 Å². The first-order valence-corrected chi connectivity index (χ1v) is 4.09. The van der Waals surface area contributed by atoms with E-state index in [0.717, 1.165) is 0 Å². The van der Waals surface area contributed by atoms with E-state index in [9.17, 15) is 4.79 Å². The summed E-state index contributed by atoms with van der Waals surface area (Å²) in [6, 6.07) is 0. The van der Waals surface area contributed by atoms with Crippen LogP contribution in [0.4, 0.5) is 0 Å². The number of likely N-dealkylation sites (N-methyl/N-ethyl adjacent to an activating group) is 1. The molecule has 0 saturated heterocycles. The molecule has 0 atom stereocenters. The Hall–Kier alpha value is -0.610. The molecule has 0 bridgehead atoms. The van der Waals surface area contributed by atoms with Crippen molar-refractivity contribution in [1.82, 2.24) is 10.4 Å². The minimum absolute atomic E-state index is 0.0127. The van der Waals surface area contributed by atoms with Gasteiger partial charge in [0.15, 0.2) is 0 Å². The van der Waals surface area contributed by atoms with Gasteiger partial charge in [-0.15, -0.1) is 0 Å². The van der Waals surface area contributed by atoms with Crippen molar-refractivity contribution in [2.24, 2.45) is 5.92 Å². The van der Waals surface area contributed by atoms with Gasteiger partial charge in [0.1, 0.15) is 6.54 Å². The number of hydrogen-bond acceptors (Lipinski definition) is 3. The first-order valence-electron chi connectivity index (χ1n) is 4.09. The summed E-state index contributed by atoms with van der Waals surface area (Å²) in [6.45, 7) is 4.96. The molecule has 0 rings (SSSR count). The van der Waals surface area contributed by atoms with E-state index in [2.05, 4.69) is 19.3 Å². The molecule has 0 radical (unpaired) electrons. The molecular weight excluding hydrogens is 156 g/mol. The Bertz CT molecular complexity index is 135. The van der Waals surface area contributed by atoms with Crippen molar-refractivity contribution in [2.45, 2.75) is 13.8 Å². The number of nitrogens with zero attached hydrogens (tertiary/aromatic N) is 1. The van der Waals surface area contributed by atoms with Gasteiger partial charge in [-0.05, 0) is 5.92 Å². The number of amides is 1. The Morgan fingerprint density at radius 3 is 2.50 bits per heavy atom. The highest BCUT2D eigenvalue weighted by molar-refractivity contribution is 5.77. The Kier molecular flexibility index (Phi) is 5.66. The van der Waals surface area contributed by atoms with E-state index in [1.807, 2.05) is 0 Å². The fourth-order valence-electron chi connectivity index (χ4n) is 0.496. The van der Waals surface area contributed by atoms with E-state index in [1.165, 1.54) is 4.90 Å². The van der Waals surface area contributed by atoms with Gasteiger partial charge in [-0.2, -0.15) is 5.48 Å². The van der Waals surface area contributed by atoms with Crippen molar-refractivity contribution in [3.8, 4) is 0 Å². The minimum atomic E-state index is 0.0127. The Morgan fingerprint density at radius 1 is 1.50 bits per heavy atom. The summed E-state index contributed by atoms with van der Waals surface area (Å²) in [5.74, 6) is 0.491. The normalized spacial score (nSPS) is 10.4. The third-order valence-electron chi connectivity index (χ3n) is 1.24. The second-order valence-corrected chi connectivity index (χ2v) is 3.31. The summed E-state index contributed by atoms with van der Waals surface area (Å²) < 4.78 is 0. The topological polar surface area (TPSA) is 41.6 Å². The molecular formula is C8H18N2O2. The van der Waals surface area contributed by atoms with E-state index >= 15 is 0 Å². The maximum absolute atomic E-state index is 11.0. The molecule has 0 aliphatic carbocycles. The highest BCUT2D eigenvalue weighted by Gasteiger charge is 2.02. The van der Waals surface area contributed by atoms with Crippen molar-refractivity contribution < 1.29 is 9.63 Å². The van der Waals surface area contributed by atoms with Crippen molar-refractivity contribution >= 4 is 5.91 Å². The minimum Gasteiger partial charge on any atom is -0.348 e. The zero-order valence-corrected chi connectivity index (χ0v) is 8.26.